The van der Waals surface area contributed by atoms with Crippen LogP contribution in [0.15, 0.2) is 60.7 Å². The van der Waals surface area contributed by atoms with Crippen LogP contribution in [0.25, 0.3) is 32.6 Å². The minimum absolute atomic E-state index is 0.257. The zero-order valence-corrected chi connectivity index (χ0v) is 12.7. The summed E-state index contributed by atoms with van der Waals surface area (Å²) in [7, 11) is 0. The van der Waals surface area contributed by atoms with E-state index >= 15 is 0 Å². The van der Waals surface area contributed by atoms with Crippen molar-refractivity contribution in [2.45, 2.75) is 13.5 Å². The Kier molecular flexibility index (Phi) is 3.19. The second-order valence-corrected chi connectivity index (χ2v) is 5.57. The molecule has 3 aromatic carbocycles. The van der Waals surface area contributed by atoms with Crippen molar-refractivity contribution in [2.24, 2.45) is 0 Å². The third-order valence-electron chi connectivity index (χ3n) is 4.11. The third-order valence-corrected chi connectivity index (χ3v) is 4.11. The second-order valence-electron chi connectivity index (χ2n) is 5.57. The lowest BCUT2D eigenvalue weighted by Gasteiger charge is -2.12. The fourth-order valence-electron chi connectivity index (χ4n) is 3.04. The van der Waals surface area contributed by atoms with Crippen molar-refractivity contribution in [3.05, 3.63) is 66.2 Å². The Bertz CT molecular complexity index is 1050. The van der Waals surface area contributed by atoms with Gasteiger partial charge in [0.2, 0.25) is 0 Å². The van der Waals surface area contributed by atoms with Gasteiger partial charge in [-0.15, -0.1) is 0 Å². The number of ether oxygens (including phenoxy) is 1. The molecule has 0 saturated heterocycles. The van der Waals surface area contributed by atoms with Crippen LogP contribution in [0, 0.1) is 0 Å². The minimum atomic E-state index is -0.278. The van der Waals surface area contributed by atoms with Crippen LogP contribution in [0.2, 0.25) is 0 Å². The molecule has 3 heteroatoms. The largest absolute Gasteiger partial charge is 0.461 e. The number of hydrogen-bond donors (Lipinski definition) is 0. The predicted molar refractivity (Wildman–Crippen MR) is 92.2 cm³/mol. The Morgan fingerprint density at radius 2 is 1.65 bits per heavy atom. The quantitative estimate of drug-likeness (QED) is 0.308. The molecule has 0 aliphatic carbocycles. The first-order valence-corrected chi connectivity index (χ1v) is 7.56. The van der Waals surface area contributed by atoms with Gasteiger partial charge in [0.25, 0.3) is 0 Å². The molecule has 0 saturated carbocycles. The molecule has 0 unspecified atom stereocenters. The van der Waals surface area contributed by atoms with Gasteiger partial charge in [-0.3, -0.25) is 4.79 Å². The van der Waals surface area contributed by atoms with E-state index in [2.05, 4.69) is 24.3 Å². The monoisotopic (exact) mass is 301 g/mol. The first-order chi connectivity index (χ1) is 11.2. The summed E-state index contributed by atoms with van der Waals surface area (Å²) < 4.78 is 5.29. The summed E-state index contributed by atoms with van der Waals surface area (Å²) in [4.78, 5) is 16.1. The van der Waals surface area contributed by atoms with E-state index in [9.17, 15) is 4.79 Å². The fraction of sp³-hybridized carbons (Fsp3) is 0.100. The number of hydrogen-bond acceptors (Lipinski definition) is 3. The van der Waals surface area contributed by atoms with E-state index in [0.717, 1.165) is 38.1 Å². The number of carbonyl (C=O) groups excluding carboxylic acids is 1. The molecule has 0 atom stereocenters. The Morgan fingerprint density at radius 1 is 0.913 bits per heavy atom. The maximum atomic E-state index is 11.3. The lowest BCUT2D eigenvalue weighted by molar-refractivity contribution is -0.142. The van der Waals surface area contributed by atoms with Crippen LogP contribution in [-0.4, -0.2) is 11.0 Å². The van der Waals surface area contributed by atoms with Gasteiger partial charge in [-0.2, -0.15) is 0 Å². The van der Waals surface area contributed by atoms with E-state index in [1.165, 1.54) is 6.92 Å². The Hall–Kier alpha value is -2.94. The molecule has 1 aromatic heterocycles. The van der Waals surface area contributed by atoms with Crippen molar-refractivity contribution in [2.75, 3.05) is 0 Å². The fourth-order valence-corrected chi connectivity index (χ4v) is 3.04. The molecule has 23 heavy (non-hydrogen) atoms. The lowest BCUT2D eigenvalue weighted by Crippen LogP contribution is -2.01. The van der Waals surface area contributed by atoms with Crippen LogP contribution in [0.3, 0.4) is 0 Å². The number of para-hydroxylation sites is 1. The maximum Gasteiger partial charge on any atom is 0.302 e. The first-order valence-electron chi connectivity index (χ1n) is 7.56. The summed E-state index contributed by atoms with van der Waals surface area (Å²) >= 11 is 0. The van der Waals surface area contributed by atoms with E-state index in [1.807, 2.05) is 36.4 Å². The number of pyridine rings is 1. The van der Waals surface area contributed by atoms with E-state index in [1.54, 1.807) is 0 Å². The predicted octanol–water partition coefficient (Wildman–Crippen LogP) is 4.60. The number of aromatic nitrogens is 1. The molecule has 0 aliphatic heterocycles. The van der Waals surface area contributed by atoms with Gasteiger partial charge >= 0.3 is 5.97 Å². The van der Waals surface area contributed by atoms with Crippen LogP contribution in [0.4, 0.5) is 0 Å². The van der Waals surface area contributed by atoms with Crippen LogP contribution >= 0.6 is 0 Å². The van der Waals surface area contributed by atoms with E-state index < -0.39 is 0 Å². The molecule has 3 nitrogen and oxygen atoms in total. The molecule has 0 radical (unpaired) electrons. The summed E-state index contributed by atoms with van der Waals surface area (Å²) in [6.45, 7) is 1.69. The highest BCUT2D eigenvalue weighted by molar-refractivity contribution is 6.10. The Balaban J connectivity index is 2.12. The second kappa shape index (κ2) is 5.36. The van der Waals surface area contributed by atoms with Gasteiger partial charge < -0.3 is 4.74 Å². The van der Waals surface area contributed by atoms with Crippen LogP contribution in [0.5, 0.6) is 0 Å². The number of nitrogens with zero attached hydrogens (tertiary/aromatic N) is 1. The highest BCUT2D eigenvalue weighted by atomic mass is 16.5. The molecule has 0 bridgehead atoms. The highest BCUT2D eigenvalue weighted by Crippen LogP contribution is 2.31. The maximum absolute atomic E-state index is 11.3. The van der Waals surface area contributed by atoms with Crippen molar-refractivity contribution in [3.63, 3.8) is 0 Å². The third kappa shape index (κ3) is 2.30. The van der Waals surface area contributed by atoms with Gasteiger partial charge in [0.15, 0.2) is 0 Å². The summed E-state index contributed by atoms with van der Waals surface area (Å²) in [5, 5.41) is 4.32. The summed E-state index contributed by atoms with van der Waals surface area (Å²) in [6, 6.07) is 20.3. The van der Waals surface area contributed by atoms with Crippen molar-refractivity contribution in [3.8, 4) is 0 Å². The summed E-state index contributed by atoms with van der Waals surface area (Å²) in [5.74, 6) is -0.278. The molecule has 0 fully saturated rings. The molecule has 4 rings (SSSR count). The average molecular weight is 301 g/mol. The molecular formula is C20H15NO2. The summed E-state index contributed by atoms with van der Waals surface area (Å²) in [5.41, 5.74) is 2.87. The number of benzene rings is 3. The van der Waals surface area contributed by atoms with Crippen molar-refractivity contribution >= 4 is 38.5 Å². The molecule has 112 valence electrons. The lowest BCUT2D eigenvalue weighted by atomic mass is 9.99. The zero-order valence-electron chi connectivity index (χ0n) is 12.7. The molecule has 1 heterocycles. The molecule has 0 aliphatic rings. The Labute approximate surface area is 133 Å². The summed E-state index contributed by atoms with van der Waals surface area (Å²) in [6.07, 6.45) is 0. The van der Waals surface area contributed by atoms with Gasteiger partial charge in [0.05, 0.1) is 11.0 Å². The first kappa shape index (κ1) is 13.7. The average Bonchev–Trinajstić information content (AvgIpc) is 2.58. The SMILES string of the molecule is CC(=O)OCc1c2ccccc2nc2c1ccc1ccccc12. The number of rotatable bonds is 2. The van der Waals surface area contributed by atoms with Gasteiger partial charge in [-0.1, -0.05) is 54.6 Å². The zero-order chi connectivity index (χ0) is 15.8. The van der Waals surface area contributed by atoms with E-state index in [0.29, 0.717) is 0 Å². The van der Waals surface area contributed by atoms with Gasteiger partial charge in [-0.05, 0) is 11.5 Å². The molecular weight excluding hydrogens is 286 g/mol. The Morgan fingerprint density at radius 3 is 2.48 bits per heavy atom. The van der Waals surface area contributed by atoms with Crippen LogP contribution in [0.1, 0.15) is 12.5 Å². The van der Waals surface area contributed by atoms with E-state index in [-0.39, 0.29) is 12.6 Å². The molecule has 0 spiro atoms. The standard InChI is InChI=1S/C20H15NO2/c1-13(22)23-12-18-16-8-4-5-9-19(16)21-20-15-7-3-2-6-14(15)10-11-17(18)20/h2-11H,12H2,1H3. The van der Waals surface area contributed by atoms with Crippen LogP contribution < -0.4 is 0 Å². The van der Waals surface area contributed by atoms with Crippen molar-refractivity contribution in [1.82, 2.24) is 4.98 Å². The minimum Gasteiger partial charge on any atom is -0.461 e. The number of fused-ring (bicyclic) bond motifs is 4. The molecule has 4 aromatic rings. The van der Waals surface area contributed by atoms with Crippen molar-refractivity contribution in [1.29, 1.82) is 0 Å². The normalized spacial score (nSPS) is 11.2. The molecule has 0 N–H and O–H groups in total. The van der Waals surface area contributed by atoms with Gasteiger partial charge in [0, 0.05) is 28.6 Å². The van der Waals surface area contributed by atoms with E-state index in [4.69, 9.17) is 9.72 Å². The van der Waals surface area contributed by atoms with Crippen LogP contribution in [-0.2, 0) is 16.1 Å². The van der Waals surface area contributed by atoms with Gasteiger partial charge in [0.1, 0.15) is 6.61 Å². The number of esters is 1. The van der Waals surface area contributed by atoms with Crippen molar-refractivity contribution < 1.29 is 9.53 Å². The topological polar surface area (TPSA) is 39.2 Å². The smallest absolute Gasteiger partial charge is 0.302 e. The molecule has 0 amide bonds. The van der Waals surface area contributed by atoms with Gasteiger partial charge in [-0.25, -0.2) is 4.98 Å². The highest BCUT2D eigenvalue weighted by Gasteiger charge is 2.12. The number of carbonyl (C=O) groups is 1.